The van der Waals surface area contributed by atoms with Crippen molar-refractivity contribution in [3.05, 3.63) is 108 Å². The maximum atomic E-state index is 3.59. The van der Waals surface area contributed by atoms with Gasteiger partial charge in [0.1, 0.15) is 0 Å². The van der Waals surface area contributed by atoms with E-state index in [0.29, 0.717) is 0 Å². The van der Waals surface area contributed by atoms with Gasteiger partial charge in [-0.05, 0) is 63.7 Å². The predicted octanol–water partition coefficient (Wildman–Crippen LogP) is 8.48. The molecule has 0 fully saturated rings. The lowest BCUT2D eigenvalue weighted by Gasteiger charge is -2.11. The molecule has 0 aromatic heterocycles. The summed E-state index contributed by atoms with van der Waals surface area (Å²) in [6.07, 6.45) is 0. The molecule has 0 N–H and O–H groups in total. The Labute approximate surface area is 170 Å². The topological polar surface area (TPSA) is 0 Å². The van der Waals surface area contributed by atoms with Gasteiger partial charge in [-0.25, -0.2) is 0 Å². The van der Waals surface area contributed by atoms with Gasteiger partial charge in [0.2, 0.25) is 0 Å². The molecule has 1 heteroatoms. The third-order valence-corrected chi connectivity index (χ3v) is 4.80. The summed E-state index contributed by atoms with van der Waals surface area (Å²) in [6, 6.07) is 36.4. The van der Waals surface area contributed by atoms with Crippen molar-refractivity contribution in [2.24, 2.45) is 0 Å². The summed E-state index contributed by atoms with van der Waals surface area (Å²) in [7, 11) is 0. The highest BCUT2D eigenvalue weighted by Crippen LogP contribution is 2.33. The zero-order chi connectivity index (χ0) is 19.1. The highest BCUT2D eigenvalue weighted by Gasteiger charge is 2.07. The van der Waals surface area contributed by atoms with Crippen LogP contribution in [-0.4, -0.2) is 0 Å². The normalized spacial score (nSPS) is 10.0. The molecular formula is C26H23Br. The fourth-order valence-electron chi connectivity index (χ4n) is 3.06. The first-order valence-corrected chi connectivity index (χ1v) is 10.1. The minimum absolute atomic E-state index is 1.09. The van der Waals surface area contributed by atoms with Crippen LogP contribution >= 0.6 is 15.9 Å². The molecule has 0 radical (unpaired) electrons. The first-order valence-electron chi connectivity index (χ1n) is 9.31. The maximum absolute atomic E-state index is 3.59. The van der Waals surface area contributed by atoms with Crippen LogP contribution in [0.3, 0.4) is 0 Å². The molecule has 0 aliphatic heterocycles. The van der Waals surface area contributed by atoms with Crippen LogP contribution in [0.25, 0.3) is 33.4 Å². The van der Waals surface area contributed by atoms with Gasteiger partial charge in [0.05, 0.1) is 0 Å². The molecule has 0 saturated heterocycles. The smallest absolute Gasteiger partial charge is 0.0181 e. The van der Waals surface area contributed by atoms with Crippen LogP contribution in [0.5, 0.6) is 0 Å². The molecule has 0 amide bonds. The highest BCUT2D eigenvalue weighted by molar-refractivity contribution is 9.10. The van der Waals surface area contributed by atoms with E-state index in [1.54, 1.807) is 0 Å². The number of hydrogen-bond acceptors (Lipinski definition) is 0. The van der Waals surface area contributed by atoms with Crippen molar-refractivity contribution in [1.29, 1.82) is 0 Å². The zero-order valence-corrected chi connectivity index (χ0v) is 17.3. The van der Waals surface area contributed by atoms with E-state index in [1.165, 1.54) is 33.4 Å². The van der Waals surface area contributed by atoms with Crippen molar-refractivity contribution in [3.63, 3.8) is 0 Å². The van der Waals surface area contributed by atoms with Crippen LogP contribution in [0.15, 0.2) is 108 Å². The van der Waals surface area contributed by atoms with Crippen LogP contribution < -0.4 is 0 Å². The van der Waals surface area contributed by atoms with Gasteiger partial charge in [-0.3, -0.25) is 0 Å². The van der Waals surface area contributed by atoms with Gasteiger partial charge < -0.3 is 0 Å². The zero-order valence-electron chi connectivity index (χ0n) is 15.7. The van der Waals surface area contributed by atoms with Gasteiger partial charge >= 0.3 is 0 Å². The van der Waals surface area contributed by atoms with Gasteiger partial charge in [-0.2, -0.15) is 0 Å². The van der Waals surface area contributed by atoms with E-state index in [9.17, 15) is 0 Å². The van der Waals surface area contributed by atoms with Crippen LogP contribution in [0.2, 0.25) is 0 Å². The van der Waals surface area contributed by atoms with Crippen molar-refractivity contribution >= 4 is 15.9 Å². The summed E-state index contributed by atoms with van der Waals surface area (Å²) in [5.41, 5.74) is 7.37. The summed E-state index contributed by atoms with van der Waals surface area (Å²) in [5, 5.41) is 0. The largest absolute Gasteiger partial charge is 0.0683 e. The Morgan fingerprint density at radius 1 is 0.407 bits per heavy atom. The number of halogens is 1. The molecule has 4 aromatic carbocycles. The summed E-state index contributed by atoms with van der Waals surface area (Å²) in [5.74, 6) is 0. The van der Waals surface area contributed by atoms with Gasteiger partial charge in [-0.1, -0.05) is 103 Å². The Kier molecular flexibility index (Phi) is 6.62. The van der Waals surface area contributed by atoms with Gasteiger partial charge in [0, 0.05) is 4.47 Å². The molecule has 0 unspecified atom stereocenters. The number of rotatable bonds is 3. The van der Waals surface area contributed by atoms with Crippen molar-refractivity contribution in [2.45, 2.75) is 13.8 Å². The third-order valence-electron chi connectivity index (χ3n) is 4.31. The Hall–Kier alpha value is -2.64. The van der Waals surface area contributed by atoms with E-state index in [0.717, 1.165) is 4.47 Å². The van der Waals surface area contributed by atoms with Crippen molar-refractivity contribution in [2.75, 3.05) is 0 Å². The molecule has 4 aromatic rings. The molecule has 4 rings (SSSR count). The Balaban J connectivity index is 0.00000102. The highest BCUT2D eigenvalue weighted by atomic mass is 79.9. The Bertz CT molecular complexity index is 931. The molecular weight excluding hydrogens is 392 g/mol. The lowest BCUT2D eigenvalue weighted by Crippen LogP contribution is -1.86. The average molecular weight is 415 g/mol. The Morgan fingerprint density at radius 2 is 0.815 bits per heavy atom. The number of benzene rings is 4. The summed E-state index contributed by atoms with van der Waals surface area (Å²) < 4.78 is 1.09. The molecule has 0 atom stereocenters. The molecule has 0 aliphatic carbocycles. The number of hydrogen-bond donors (Lipinski definition) is 0. The van der Waals surface area contributed by atoms with Gasteiger partial charge in [-0.15, -0.1) is 0 Å². The molecule has 0 spiro atoms. The van der Waals surface area contributed by atoms with E-state index >= 15 is 0 Å². The summed E-state index contributed by atoms with van der Waals surface area (Å²) >= 11 is 3.59. The second kappa shape index (κ2) is 9.34. The van der Waals surface area contributed by atoms with Gasteiger partial charge in [0.25, 0.3) is 0 Å². The van der Waals surface area contributed by atoms with E-state index in [2.05, 4.69) is 119 Å². The lowest BCUT2D eigenvalue weighted by atomic mass is 9.93. The SMILES string of the molecule is Brc1cccc(-c2cc(-c3ccccc3)cc(-c3ccccc3)c2)c1.CC. The quantitative estimate of drug-likeness (QED) is 0.315. The fourth-order valence-corrected chi connectivity index (χ4v) is 3.46. The predicted molar refractivity (Wildman–Crippen MR) is 122 cm³/mol. The van der Waals surface area contributed by atoms with Gasteiger partial charge in [0.15, 0.2) is 0 Å². The van der Waals surface area contributed by atoms with E-state index in [-0.39, 0.29) is 0 Å². The molecule has 134 valence electrons. The van der Waals surface area contributed by atoms with Crippen LogP contribution in [0.1, 0.15) is 13.8 Å². The van der Waals surface area contributed by atoms with Crippen LogP contribution in [0, 0.1) is 0 Å². The van der Waals surface area contributed by atoms with Crippen molar-refractivity contribution in [1.82, 2.24) is 0 Å². The fraction of sp³-hybridized carbons (Fsp3) is 0.0769. The van der Waals surface area contributed by atoms with Crippen molar-refractivity contribution < 1.29 is 0 Å². The molecule has 0 nitrogen and oxygen atoms in total. The standard InChI is InChI=1S/C24H17Br.C2H6/c25-24-13-7-12-20(17-24)23-15-21(18-8-3-1-4-9-18)14-22(16-23)19-10-5-2-6-11-19;1-2/h1-17H;1-2H3. The molecule has 27 heavy (non-hydrogen) atoms. The monoisotopic (exact) mass is 414 g/mol. The van der Waals surface area contributed by atoms with E-state index in [4.69, 9.17) is 0 Å². The van der Waals surface area contributed by atoms with Crippen LogP contribution in [-0.2, 0) is 0 Å². The second-order valence-corrected chi connectivity index (χ2v) is 6.96. The van der Waals surface area contributed by atoms with E-state index < -0.39 is 0 Å². The minimum Gasteiger partial charge on any atom is -0.0683 e. The molecule has 0 aliphatic rings. The summed E-state index contributed by atoms with van der Waals surface area (Å²) in [6.45, 7) is 4.00. The third kappa shape index (κ3) is 4.75. The molecule has 0 saturated carbocycles. The van der Waals surface area contributed by atoms with Crippen molar-refractivity contribution in [3.8, 4) is 33.4 Å². The second-order valence-electron chi connectivity index (χ2n) is 6.04. The first-order chi connectivity index (χ1) is 13.3. The molecule has 0 heterocycles. The minimum atomic E-state index is 1.09. The van der Waals surface area contributed by atoms with Crippen LogP contribution in [0.4, 0.5) is 0 Å². The first kappa shape index (κ1) is 19.1. The Morgan fingerprint density at radius 3 is 1.26 bits per heavy atom. The lowest BCUT2D eigenvalue weighted by molar-refractivity contribution is 1.50. The average Bonchev–Trinajstić information content (AvgIpc) is 2.76. The maximum Gasteiger partial charge on any atom is 0.0181 e. The van der Waals surface area contributed by atoms with E-state index in [1.807, 2.05) is 13.8 Å². The summed E-state index contributed by atoms with van der Waals surface area (Å²) in [4.78, 5) is 0. The molecule has 0 bridgehead atoms.